The van der Waals surface area contributed by atoms with Gasteiger partial charge in [-0.15, -0.1) is 0 Å². The molecule has 1 amide bonds. The van der Waals surface area contributed by atoms with Crippen LogP contribution >= 0.6 is 0 Å². The SMILES string of the molecule is Cc1cccc2cc([C@H](C)NC(=O)OC(C)(C)C)c(N3CC[C@H](N)C3)nc12. The lowest BCUT2D eigenvalue weighted by Crippen LogP contribution is -2.35. The smallest absolute Gasteiger partial charge is 0.408 e. The summed E-state index contributed by atoms with van der Waals surface area (Å²) in [5.74, 6) is 0.897. The van der Waals surface area contributed by atoms with Crippen LogP contribution < -0.4 is 16.0 Å². The van der Waals surface area contributed by atoms with E-state index in [1.807, 2.05) is 33.8 Å². The van der Waals surface area contributed by atoms with E-state index in [0.717, 1.165) is 47.4 Å². The lowest BCUT2D eigenvalue weighted by Gasteiger charge is -2.26. The van der Waals surface area contributed by atoms with E-state index in [0.29, 0.717) is 0 Å². The molecule has 0 unspecified atom stereocenters. The molecule has 1 fully saturated rings. The number of benzene rings is 1. The molecule has 1 saturated heterocycles. The lowest BCUT2D eigenvalue weighted by molar-refractivity contribution is 0.0508. The number of rotatable bonds is 3. The number of para-hydroxylation sites is 1. The molecule has 2 heterocycles. The van der Waals surface area contributed by atoms with Crippen LogP contribution in [0.1, 0.15) is 51.3 Å². The van der Waals surface area contributed by atoms with Crippen LogP contribution in [0.3, 0.4) is 0 Å². The molecule has 1 aromatic heterocycles. The second kappa shape index (κ2) is 7.35. The maximum atomic E-state index is 12.3. The highest BCUT2D eigenvalue weighted by Gasteiger charge is 2.26. The van der Waals surface area contributed by atoms with Crippen LogP contribution in [-0.2, 0) is 4.74 Å². The van der Waals surface area contributed by atoms with Crippen molar-refractivity contribution in [3.8, 4) is 0 Å². The number of aromatic nitrogens is 1. The Labute approximate surface area is 161 Å². The number of alkyl carbamates (subject to hydrolysis) is 1. The Morgan fingerprint density at radius 2 is 2.15 bits per heavy atom. The predicted octanol–water partition coefficient (Wildman–Crippen LogP) is 3.67. The molecule has 27 heavy (non-hydrogen) atoms. The van der Waals surface area contributed by atoms with Gasteiger partial charge in [-0.1, -0.05) is 18.2 Å². The number of ether oxygens (including phenoxy) is 1. The van der Waals surface area contributed by atoms with Gasteiger partial charge in [-0.3, -0.25) is 0 Å². The van der Waals surface area contributed by atoms with E-state index in [2.05, 4.69) is 35.3 Å². The van der Waals surface area contributed by atoms with Gasteiger partial charge in [0.1, 0.15) is 11.4 Å². The summed E-state index contributed by atoms with van der Waals surface area (Å²) in [6.07, 6.45) is 0.518. The summed E-state index contributed by atoms with van der Waals surface area (Å²) < 4.78 is 5.41. The fourth-order valence-electron chi connectivity index (χ4n) is 3.47. The Morgan fingerprint density at radius 1 is 1.41 bits per heavy atom. The van der Waals surface area contributed by atoms with E-state index in [-0.39, 0.29) is 12.1 Å². The zero-order valence-electron chi connectivity index (χ0n) is 16.9. The number of carbonyl (C=O) groups excluding carboxylic acids is 1. The predicted molar refractivity (Wildman–Crippen MR) is 109 cm³/mol. The van der Waals surface area contributed by atoms with Gasteiger partial charge < -0.3 is 20.7 Å². The molecular weight excluding hydrogens is 340 g/mol. The normalized spacial score (nSPS) is 18.6. The first kappa shape index (κ1) is 19.4. The number of anilines is 1. The molecule has 2 aromatic rings. The molecule has 0 radical (unpaired) electrons. The van der Waals surface area contributed by atoms with E-state index in [1.165, 1.54) is 0 Å². The van der Waals surface area contributed by atoms with Crippen molar-refractivity contribution in [2.75, 3.05) is 18.0 Å². The number of nitrogens with two attached hydrogens (primary N) is 1. The number of nitrogens with zero attached hydrogens (tertiary/aromatic N) is 2. The van der Waals surface area contributed by atoms with Crippen LogP contribution in [-0.4, -0.2) is 35.8 Å². The van der Waals surface area contributed by atoms with Crippen molar-refractivity contribution in [1.82, 2.24) is 10.3 Å². The van der Waals surface area contributed by atoms with Crippen molar-refractivity contribution in [3.05, 3.63) is 35.4 Å². The van der Waals surface area contributed by atoms with Crippen molar-refractivity contribution in [2.24, 2.45) is 5.73 Å². The first-order chi connectivity index (χ1) is 12.6. The second-order valence-corrected chi connectivity index (χ2v) is 8.41. The van der Waals surface area contributed by atoms with Gasteiger partial charge in [-0.05, 0) is 52.7 Å². The molecule has 0 saturated carbocycles. The zero-order valence-corrected chi connectivity index (χ0v) is 16.9. The molecule has 1 aliphatic rings. The summed E-state index contributed by atoms with van der Waals surface area (Å²) in [7, 11) is 0. The third-order valence-corrected chi connectivity index (χ3v) is 4.78. The topological polar surface area (TPSA) is 80.5 Å². The van der Waals surface area contributed by atoms with Crippen molar-refractivity contribution in [3.63, 3.8) is 0 Å². The second-order valence-electron chi connectivity index (χ2n) is 8.41. The fraction of sp³-hybridized carbons (Fsp3) is 0.524. The Morgan fingerprint density at radius 3 is 2.78 bits per heavy atom. The lowest BCUT2D eigenvalue weighted by atomic mass is 10.0. The number of hydrogen-bond acceptors (Lipinski definition) is 5. The molecule has 0 bridgehead atoms. The van der Waals surface area contributed by atoms with Crippen molar-refractivity contribution >= 4 is 22.8 Å². The van der Waals surface area contributed by atoms with E-state index in [9.17, 15) is 4.79 Å². The van der Waals surface area contributed by atoms with Crippen LogP contribution in [0.15, 0.2) is 24.3 Å². The minimum absolute atomic E-state index is 0.154. The number of pyridine rings is 1. The van der Waals surface area contributed by atoms with E-state index in [1.54, 1.807) is 0 Å². The number of nitrogens with one attached hydrogen (secondary N) is 1. The molecule has 6 heteroatoms. The van der Waals surface area contributed by atoms with Crippen molar-refractivity contribution in [1.29, 1.82) is 0 Å². The third-order valence-electron chi connectivity index (χ3n) is 4.78. The molecule has 1 aromatic carbocycles. The van der Waals surface area contributed by atoms with Crippen LogP contribution in [0.5, 0.6) is 0 Å². The Kier molecular flexibility index (Phi) is 5.29. The minimum Gasteiger partial charge on any atom is -0.444 e. The number of carbonyl (C=O) groups is 1. The molecule has 0 spiro atoms. The average Bonchev–Trinajstić information content (AvgIpc) is 2.98. The van der Waals surface area contributed by atoms with Crippen LogP contribution in [0, 0.1) is 6.92 Å². The zero-order chi connectivity index (χ0) is 19.8. The molecular formula is C21H30N4O2. The minimum atomic E-state index is -0.535. The molecule has 2 atom stereocenters. The summed E-state index contributed by atoms with van der Waals surface area (Å²) in [4.78, 5) is 19.5. The van der Waals surface area contributed by atoms with Gasteiger partial charge in [-0.2, -0.15) is 0 Å². The third kappa shape index (κ3) is 4.50. The molecule has 1 aliphatic heterocycles. The van der Waals surface area contributed by atoms with Gasteiger partial charge in [0.05, 0.1) is 11.6 Å². The standard InChI is InChI=1S/C21H30N4O2/c1-13-7-6-8-15-11-17(14(2)23-20(26)27-21(3,4)5)19(24-18(13)15)25-10-9-16(22)12-25/h6-8,11,14,16H,9-10,12,22H2,1-5H3,(H,23,26)/t14-,16-/m0/s1. The quantitative estimate of drug-likeness (QED) is 0.862. The van der Waals surface area contributed by atoms with Crippen LogP contribution in [0.4, 0.5) is 10.6 Å². The maximum absolute atomic E-state index is 12.3. The Balaban J connectivity index is 1.98. The highest BCUT2D eigenvalue weighted by Crippen LogP contribution is 2.31. The largest absolute Gasteiger partial charge is 0.444 e. The van der Waals surface area contributed by atoms with E-state index < -0.39 is 11.7 Å². The van der Waals surface area contributed by atoms with Gasteiger partial charge in [0.25, 0.3) is 0 Å². The van der Waals surface area contributed by atoms with Gasteiger partial charge in [-0.25, -0.2) is 9.78 Å². The molecule has 3 rings (SSSR count). The van der Waals surface area contributed by atoms with Crippen molar-refractivity contribution in [2.45, 2.75) is 58.7 Å². The number of amides is 1. The molecule has 0 aliphatic carbocycles. The molecule has 6 nitrogen and oxygen atoms in total. The maximum Gasteiger partial charge on any atom is 0.408 e. The first-order valence-electron chi connectivity index (χ1n) is 9.54. The first-order valence-corrected chi connectivity index (χ1v) is 9.54. The van der Waals surface area contributed by atoms with E-state index >= 15 is 0 Å². The molecule has 3 N–H and O–H groups in total. The Bertz CT molecular complexity index is 844. The van der Waals surface area contributed by atoms with E-state index in [4.69, 9.17) is 15.5 Å². The molecule has 146 valence electrons. The highest BCUT2D eigenvalue weighted by molar-refractivity contribution is 5.85. The Hall–Kier alpha value is -2.34. The number of fused-ring (bicyclic) bond motifs is 1. The summed E-state index contributed by atoms with van der Waals surface area (Å²) in [5.41, 5.74) is 8.69. The highest BCUT2D eigenvalue weighted by atomic mass is 16.6. The van der Waals surface area contributed by atoms with Gasteiger partial charge in [0.2, 0.25) is 0 Å². The number of aryl methyl sites for hydroxylation is 1. The van der Waals surface area contributed by atoms with Crippen LogP contribution in [0.2, 0.25) is 0 Å². The van der Waals surface area contributed by atoms with Gasteiger partial charge in [0, 0.05) is 30.1 Å². The number of hydrogen-bond donors (Lipinski definition) is 2. The van der Waals surface area contributed by atoms with Crippen molar-refractivity contribution < 1.29 is 9.53 Å². The average molecular weight is 370 g/mol. The van der Waals surface area contributed by atoms with Gasteiger partial charge >= 0.3 is 6.09 Å². The summed E-state index contributed by atoms with van der Waals surface area (Å²) in [6, 6.07) is 8.19. The summed E-state index contributed by atoms with van der Waals surface area (Å²) in [6.45, 7) is 11.2. The van der Waals surface area contributed by atoms with Crippen LogP contribution in [0.25, 0.3) is 10.9 Å². The fourth-order valence-corrected chi connectivity index (χ4v) is 3.47. The summed E-state index contributed by atoms with van der Waals surface area (Å²) in [5, 5.41) is 4.01. The van der Waals surface area contributed by atoms with Gasteiger partial charge in [0.15, 0.2) is 0 Å². The monoisotopic (exact) mass is 370 g/mol. The summed E-state index contributed by atoms with van der Waals surface area (Å²) >= 11 is 0.